The zero-order chi connectivity index (χ0) is 23.8. The van der Waals surface area contributed by atoms with Crippen LogP contribution in [0.2, 0.25) is 10.0 Å². The van der Waals surface area contributed by atoms with Gasteiger partial charge in [-0.3, -0.25) is 9.59 Å². The molecular formula is C22H17Cl2F3N4O2. The number of benzene rings is 2. The fourth-order valence-corrected chi connectivity index (χ4v) is 3.95. The van der Waals surface area contributed by atoms with Crippen molar-refractivity contribution in [3.05, 3.63) is 81.6 Å². The first-order chi connectivity index (χ1) is 15.6. The van der Waals surface area contributed by atoms with Gasteiger partial charge < -0.3 is 9.80 Å². The molecule has 0 spiro atoms. The van der Waals surface area contributed by atoms with Crippen LogP contribution in [0.3, 0.4) is 0 Å². The summed E-state index contributed by atoms with van der Waals surface area (Å²) >= 11 is 11.8. The maximum Gasteiger partial charge on any atom is 0.434 e. The van der Waals surface area contributed by atoms with Crippen molar-refractivity contribution in [1.82, 2.24) is 19.6 Å². The lowest BCUT2D eigenvalue weighted by Crippen LogP contribution is -2.50. The highest BCUT2D eigenvalue weighted by molar-refractivity contribution is 6.31. The summed E-state index contributed by atoms with van der Waals surface area (Å²) < 4.78 is 42.4. The van der Waals surface area contributed by atoms with Crippen LogP contribution < -0.4 is 0 Å². The van der Waals surface area contributed by atoms with Gasteiger partial charge in [-0.2, -0.15) is 18.3 Å². The van der Waals surface area contributed by atoms with Gasteiger partial charge in [0.25, 0.3) is 11.8 Å². The summed E-state index contributed by atoms with van der Waals surface area (Å²) in [7, 11) is 0. The van der Waals surface area contributed by atoms with Crippen molar-refractivity contribution in [2.45, 2.75) is 6.18 Å². The summed E-state index contributed by atoms with van der Waals surface area (Å²) in [6, 6.07) is 12.2. The van der Waals surface area contributed by atoms with E-state index in [9.17, 15) is 22.8 Å². The molecule has 172 valence electrons. The van der Waals surface area contributed by atoms with Crippen molar-refractivity contribution in [3.63, 3.8) is 0 Å². The second-order valence-corrected chi connectivity index (χ2v) is 8.26. The molecule has 33 heavy (non-hydrogen) atoms. The number of rotatable bonds is 3. The Kier molecular flexibility index (Phi) is 6.36. The Balaban J connectivity index is 1.53. The zero-order valence-corrected chi connectivity index (χ0v) is 18.5. The highest BCUT2D eigenvalue weighted by Gasteiger charge is 2.42. The summed E-state index contributed by atoms with van der Waals surface area (Å²) in [6.07, 6.45) is -3.91. The summed E-state index contributed by atoms with van der Waals surface area (Å²) in [5.74, 6) is -1.03. The average molecular weight is 497 g/mol. The van der Waals surface area contributed by atoms with Crippen LogP contribution in [0.4, 0.5) is 13.2 Å². The molecule has 1 aliphatic heterocycles. The Morgan fingerprint density at radius 1 is 0.848 bits per heavy atom. The number of alkyl halides is 3. The highest BCUT2D eigenvalue weighted by atomic mass is 35.5. The normalized spacial score (nSPS) is 14.5. The van der Waals surface area contributed by atoms with Gasteiger partial charge in [-0.25, -0.2) is 4.68 Å². The van der Waals surface area contributed by atoms with E-state index in [0.29, 0.717) is 15.3 Å². The van der Waals surface area contributed by atoms with Crippen molar-refractivity contribution in [2.24, 2.45) is 0 Å². The minimum atomic E-state index is -4.82. The van der Waals surface area contributed by atoms with Gasteiger partial charge in [-0.1, -0.05) is 29.3 Å². The molecule has 11 heteroatoms. The molecule has 0 radical (unpaired) electrons. The molecule has 0 aliphatic carbocycles. The van der Waals surface area contributed by atoms with E-state index in [-0.39, 0.29) is 42.8 Å². The average Bonchev–Trinajstić information content (AvgIpc) is 3.25. The minimum absolute atomic E-state index is 0.0901. The van der Waals surface area contributed by atoms with Crippen LogP contribution >= 0.6 is 23.2 Å². The fraction of sp³-hybridized carbons (Fsp3) is 0.227. The lowest BCUT2D eigenvalue weighted by atomic mass is 10.1. The van der Waals surface area contributed by atoms with Gasteiger partial charge in [0.1, 0.15) is 0 Å². The van der Waals surface area contributed by atoms with Crippen molar-refractivity contribution < 1.29 is 22.8 Å². The van der Waals surface area contributed by atoms with Crippen LogP contribution in [0, 0.1) is 0 Å². The van der Waals surface area contributed by atoms with Crippen LogP contribution in [-0.4, -0.2) is 57.6 Å². The number of amides is 2. The summed E-state index contributed by atoms with van der Waals surface area (Å²) in [6.45, 7) is 0.573. The second-order valence-electron chi connectivity index (χ2n) is 7.39. The molecular weight excluding hydrogens is 480 g/mol. The predicted octanol–water partition coefficient (Wildman–Crippen LogP) is 4.80. The lowest BCUT2D eigenvalue weighted by molar-refractivity contribution is -0.143. The van der Waals surface area contributed by atoms with Gasteiger partial charge in [0.05, 0.1) is 17.4 Å². The third-order valence-corrected chi connectivity index (χ3v) is 5.75. The Morgan fingerprint density at radius 3 is 2.03 bits per heavy atom. The molecule has 0 bridgehead atoms. The van der Waals surface area contributed by atoms with Crippen LogP contribution in [0.1, 0.15) is 26.4 Å². The van der Waals surface area contributed by atoms with E-state index in [0.717, 1.165) is 6.20 Å². The van der Waals surface area contributed by atoms with Gasteiger partial charge in [0.2, 0.25) is 0 Å². The largest absolute Gasteiger partial charge is 0.434 e. The van der Waals surface area contributed by atoms with E-state index >= 15 is 0 Å². The number of carbonyl (C=O) groups is 2. The molecule has 4 rings (SSSR count). The first-order valence-electron chi connectivity index (χ1n) is 9.90. The smallest absolute Gasteiger partial charge is 0.335 e. The van der Waals surface area contributed by atoms with E-state index < -0.39 is 23.3 Å². The third kappa shape index (κ3) is 4.84. The van der Waals surface area contributed by atoms with Gasteiger partial charge in [0.15, 0.2) is 5.69 Å². The van der Waals surface area contributed by atoms with E-state index in [4.69, 9.17) is 23.2 Å². The Labute approximate surface area is 197 Å². The predicted molar refractivity (Wildman–Crippen MR) is 117 cm³/mol. The van der Waals surface area contributed by atoms with Crippen molar-refractivity contribution in [2.75, 3.05) is 26.2 Å². The van der Waals surface area contributed by atoms with Crippen molar-refractivity contribution >= 4 is 35.0 Å². The fourth-order valence-electron chi connectivity index (χ4n) is 3.64. The quantitative estimate of drug-likeness (QED) is 0.523. The van der Waals surface area contributed by atoms with Crippen LogP contribution in [0.5, 0.6) is 0 Å². The lowest BCUT2D eigenvalue weighted by Gasteiger charge is -2.34. The van der Waals surface area contributed by atoms with E-state index in [1.165, 1.54) is 29.2 Å². The standard InChI is InChI=1S/C22H17Cl2F3N4O2/c23-15-6-4-14(5-7-15)20(32)29-8-10-30(11-9-29)21(33)18-13-28-31(19(18)22(25,26)27)17-3-1-2-16(24)12-17/h1-7,12-13H,8-11H2. The number of halogens is 5. The maximum absolute atomic E-state index is 13.9. The molecule has 1 saturated heterocycles. The molecule has 2 heterocycles. The van der Waals surface area contributed by atoms with Crippen LogP contribution in [-0.2, 0) is 6.18 Å². The highest BCUT2D eigenvalue weighted by Crippen LogP contribution is 2.34. The van der Waals surface area contributed by atoms with Crippen LogP contribution in [0.15, 0.2) is 54.7 Å². The van der Waals surface area contributed by atoms with E-state index in [2.05, 4.69) is 5.10 Å². The SMILES string of the molecule is O=C(c1ccc(Cl)cc1)N1CCN(C(=O)c2cnn(-c3cccc(Cl)c3)c2C(F)(F)F)CC1. The summed E-state index contributed by atoms with van der Waals surface area (Å²) in [5.41, 5.74) is -1.19. The molecule has 3 aromatic rings. The molecule has 0 unspecified atom stereocenters. The Bertz CT molecular complexity index is 1190. The molecule has 0 saturated carbocycles. The topological polar surface area (TPSA) is 58.4 Å². The molecule has 1 fully saturated rings. The van der Waals surface area contributed by atoms with Gasteiger partial charge in [0, 0.05) is 41.8 Å². The second kappa shape index (κ2) is 9.07. The number of nitrogens with zero attached hydrogens (tertiary/aromatic N) is 4. The molecule has 6 nitrogen and oxygen atoms in total. The number of piperazine rings is 1. The molecule has 2 aromatic carbocycles. The molecule has 0 atom stereocenters. The number of aromatic nitrogens is 2. The van der Waals surface area contributed by atoms with E-state index in [1.807, 2.05) is 0 Å². The maximum atomic E-state index is 13.9. The van der Waals surface area contributed by atoms with Gasteiger partial charge >= 0.3 is 6.18 Å². The molecule has 0 N–H and O–H groups in total. The van der Waals surface area contributed by atoms with E-state index in [1.54, 1.807) is 29.2 Å². The summed E-state index contributed by atoms with van der Waals surface area (Å²) in [4.78, 5) is 28.5. The monoisotopic (exact) mass is 496 g/mol. The van der Waals surface area contributed by atoms with Crippen molar-refractivity contribution in [3.8, 4) is 5.69 Å². The Hall–Kier alpha value is -3.04. The van der Waals surface area contributed by atoms with Crippen molar-refractivity contribution in [1.29, 1.82) is 0 Å². The number of hydrogen-bond acceptors (Lipinski definition) is 3. The molecule has 1 aromatic heterocycles. The number of hydrogen-bond donors (Lipinski definition) is 0. The van der Waals surface area contributed by atoms with Crippen LogP contribution in [0.25, 0.3) is 5.69 Å². The minimum Gasteiger partial charge on any atom is -0.335 e. The molecule has 1 aliphatic rings. The molecule has 2 amide bonds. The van der Waals surface area contributed by atoms with Gasteiger partial charge in [-0.05, 0) is 42.5 Å². The Morgan fingerprint density at radius 2 is 1.45 bits per heavy atom. The first-order valence-corrected chi connectivity index (χ1v) is 10.7. The zero-order valence-electron chi connectivity index (χ0n) is 17.0. The van der Waals surface area contributed by atoms with Gasteiger partial charge in [-0.15, -0.1) is 0 Å². The first kappa shape index (κ1) is 23.1. The summed E-state index contributed by atoms with van der Waals surface area (Å²) in [5, 5.41) is 4.56. The number of carbonyl (C=O) groups excluding carboxylic acids is 2. The third-order valence-electron chi connectivity index (χ3n) is 5.27.